The van der Waals surface area contributed by atoms with Gasteiger partial charge in [0.25, 0.3) is 0 Å². The molecule has 0 saturated heterocycles. The van der Waals surface area contributed by atoms with Gasteiger partial charge in [-0.25, -0.2) is 9.97 Å². The number of aromatic nitrogens is 2. The average Bonchev–Trinajstić information content (AvgIpc) is 2.17. The molecule has 0 spiro atoms. The molecule has 7 heteroatoms. The highest BCUT2D eigenvalue weighted by Gasteiger charge is 2.36. The van der Waals surface area contributed by atoms with Crippen molar-refractivity contribution in [3.8, 4) is 12.1 Å². The number of alkyl halides is 3. The van der Waals surface area contributed by atoms with Gasteiger partial charge in [0, 0.05) is 6.20 Å². The fourth-order valence-electron chi connectivity index (χ4n) is 0.872. The summed E-state index contributed by atoms with van der Waals surface area (Å²) in [5, 5.41) is 16.7. The fourth-order valence-corrected chi connectivity index (χ4v) is 0.872. The van der Waals surface area contributed by atoms with Gasteiger partial charge >= 0.3 is 6.18 Å². The van der Waals surface area contributed by atoms with Gasteiger partial charge in [0.1, 0.15) is 17.5 Å². The molecule has 0 atom stereocenters. The number of hydrogen-bond acceptors (Lipinski definition) is 4. The summed E-state index contributed by atoms with van der Waals surface area (Å²) in [6.45, 7) is 0. The Hall–Kier alpha value is -2.15. The van der Waals surface area contributed by atoms with Crippen LogP contribution in [0.4, 0.5) is 13.2 Å². The van der Waals surface area contributed by atoms with Crippen molar-refractivity contribution < 1.29 is 13.2 Å². The van der Waals surface area contributed by atoms with Crippen LogP contribution in [0.3, 0.4) is 0 Å². The topological polar surface area (TPSA) is 73.4 Å². The van der Waals surface area contributed by atoms with Gasteiger partial charge in [-0.1, -0.05) is 0 Å². The molecule has 76 valence electrons. The molecule has 15 heavy (non-hydrogen) atoms. The lowest BCUT2D eigenvalue weighted by molar-refractivity contribution is -0.141. The number of nitrogens with zero attached hydrogens (tertiary/aromatic N) is 4. The van der Waals surface area contributed by atoms with Gasteiger partial charge in [-0.2, -0.15) is 23.7 Å². The van der Waals surface area contributed by atoms with Gasteiger partial charge in [-0.15, -0.1) is 0 Å². The van der Waals surface area contributed by atoms with E-state index in [1.807, 2.05) is 0 Å². The number of hydrogen-bond donors (Lipinski definition) is 0. The number of nitriles is 2. The van der Waals surface area contributed by atoms with E-state index in [-0.39, 0.29) is 12.2 Å². The third-order valence-electron chi connectivity index (χ3n) is 1.46. The van der Waals surface area contributed by atoms with E-state index in [9.17, 15) is 13.2 Å². The summed E-state index contributed by atoms with van der Waals surface area (Å²) in [6.07, 6.45) is -4.27. The third-order valence-corrected chi connectivity index (χ3v) is 1.46. The van der Waals surface area contributed by atoms with Crippen molar-refractivity contribution in [2.45, 2.75) is 12.6 Å². The molecule has 0 N–H and O–H groups in total. The van der Waals surface area contributed by atoms with Crippen LogP contribution in [0.25, 0.3) is 0 Å². The molecule has 1 aromatic heterocycles. The Morgan fingerprint density at radius 1 is 1.33 bits per heavy atom. The average molecular weight is 212 g/mol. The molecule has 4 nitrogen and oxygen atoms in total. The van der Waals surface area contributed by atoms with E-state index in [0.717, 1.165) is 6.20 Å². The smallest absolute Gasteiger partial charge is 0.239 e. The summed E-state index contributed by atoms with van der Waals surface area (Å²) in [7, 11) is 0. The lowest BCUT2D eigenvalue weighted by Gasteiger charge is -2.07. The maximum absolute atomic E-state index is 12.3. The molecule has 0 aliphatic rings. The molecule has 1 heterocycles. The first-order chi connectivity index (χ1) is 6.99. The van der Waals surface area contributed by atoms with Crippen LogP contribution in [0.15, 0.2) is 6.20 Å². The van der Waals surface area contributed by atoms with Crippen molar-refractivity contribution in [2.75, 3.05) is 0 Å². The number of halogens is 3. The third kappa shape index (κ3) is 2.41. The Bertz CT molecular complexity index is 452. The summed E-state index contributed by atoms with van der Waals surface area (Å²) >= 11 is 0. The summed E-state index contributed by atoms with van der Waals surface area (Å²) in [6, 6.07) is 2.97. The minimum atomic E-state index is -4.71. The molecule has 0 unspecified atom stereocenters. The van der Waals surface area contributed by atoms with Crippen LogP contribution in [0, 0.1) is 22.7 Å². The van der Waals surface area contributed by atoms with Gasteiger partial charge in [-0.05, 0) is 0 Å². The molecular weight excluding hydrogens is 209 g/mol. The molecule has 0 amide bonds. The molecule has 0 saturated carbocycles. The van der Waals surface area contributed by atoms with Crippen LogP contribution in [0.2, 0.25) is 0 Å². The second kappa shape index (κ2) is 3.93. The second-order valence-electron chi connectivity index (χ2n) is 2.49. The summed E-state index contributed by atoms with van der Waals surface area (Å²) in [5.41, 5.74) is -1.95. The van der Waals surface area contributed by atoms with Gasteiger partial charge in [0.2, 0.25) is 0 Å². The summed E-state index contributed by atoms with van der Waals surface area (Å²) in [5.74, 6) is -0.246. The van der Waals surface area contributed by atoms with E-state index in [2.05, 4.69) is 9.97 Å². The van der Waals surface area contributed by atoms with E-state index in [1.54, 1.807) is 6.07 Å². The Kier molecular flexibility index (Phi) is 2.86. The molecule has 1 aromatic rings. The molecule has 0 radical (unpaired) electrons. The fraction of sp³-hybridized carbons (Fsp3) is 0.250. The molecule has 0 bridgehead atoms. The molecule has 0 aliphatic carbocycles. The number of rotatable bonds is 1. The second-order valence-corrected chi connectivity index (χ2v) is 2.49. The lowest BCUT2D eigenvalue weighted by atomic mass is 10.2. The first kappa shape index (κ1) is 10.9. The maximum atomic E-state index is 12.3. The molecule has 0 fully saturated rings. The SMILES string of the molecule is N#CCc1ncc(C#N)c(C(F)(F)F)n1. The van der Waals surface area contributed by atoms with Gasteiger partial charge in [0.15, 0.2) is 5.69 Å². The maximum Gasteiger partial charge on any atom is 0.434 e. The van der Waals surface area contributed by atoms with Crippen LogP contribution in [0.5, 0.6) is 0 Å². The van der Waals surface area contributed by atoms with Crippen LogP contribution >= 0.6 is 0 Å². The zero-order valence-corrected chi connectivity index (χ0v) is 7.21. The minimum Gasteiger partial charge on any atom is -0.239 e. The van der Waals surface area contributed by atoms with E-state index in [0.29, 0.717) is 0 Å². The van der Waals surface area contributed by atoms with Crippen molar-refractivity contribution in [1.82, 2.24) is 9.97 Å². The quantitative estimate of drug-likeness (QED) is 0.705. The highest BCUT2D eigenvalue weighted by molar-refractivity contribution is 5.32. The van der Waals surface area contributed by atoms with Gasteiger partial charge in [0.05, 0.1) is 12.5 Å². The normalized spacial score (nSPS) is 10.5. The predicted molar refractivity (Wildman–Crippen MR) is 41.1 cm³/mol. The van der Waals surface area contributed by atoms with Crippen LogP contribution < -0.4 is 0 Å². The van der Waals surface area contributed by atoms with Crippen LogP contribution in [-0.2, 0) is 12.6 Å². The van der Waals surface area contributed by atoms with Gasteiger partial charge < -0.3 is 0 Å². The first-order valence-corrected chi connectivity index (χ1v) is 3.69. The van der Waals surface area contributed by atoms with Crippen molar-refractivity contribution in [2.24, 2.45) is 0 Å². The van der Waals surface area contributed by atoms with Crippen molar-refractivity contribution in [3.63, 3.8) is 0 Å². The highest BCUT2D eigenvalue weighted by Crippen LogP contribution is 2.29. The van der Waals surface area contributed by atoms with E-state index in [4.69, 9.17) is 10.5 Å². The Morgan fingerprint density at radius 2 is 2.00 bits per heavy atom. The largest absolute Gasteiger partial charge is 0.434 e. The molecule has 1 rings (SSSR count). The standard InChI is InChI=1S/C8H3F3N4/c9-8(10,11)7-5(3-13)4-14-6(15-7)1-2-12/h4H,1H2. The first-order valence-electron chi connectivity index (χ1n) is 3.69. The Morgan fingerprint density at radius 3 is 2.47 bits per heavy atom. The predicted octanol–water partition coefficient (Wildman–Crippen LogP) is 1.43. The Labute approximate surface area is 82.6 Å². The summed E-state index contributed by atoms with van der Waals surface area (Å²) < 4.78 is 37.0. The van der Waals surface area contributed by atoms with Gasteiger partial charge in [-0.3, -0.25) is 0 Å². The monoisotopic (exact) mass is 212 g/mol. The molecular formula is C8H3F3N4. The Balaban J connectivity index is 3.29. The zero-order valence-electron chi connectivity index (χ0n) is 7.21. The molecule has 0 aromatic carbocycles. The highest BCUT2D eigenvalue weighted by atomic mass is 19.4. The van der Waals surface area contributed by atoms with Crippen molar-refractivity contribution in [1.29, 1.82) is 10.5 Å². The van der Waals surface area contributed by atoms with Crippen molar-refractivity contribution >= 4 is 0 Å². The zero-order chi connectivity index (χ0) is 11.5. The van der Waals surface area contributed by atoms with E-state index < -0.39 is 17.4 Å². The molecule has 0 aliphatic heterocycles. The van der Waals surface area contributed by atoms with Crippen molar-refractivity contribution in [3.05, 3.63) is 23.3 Å². The van der Waals surface area contributed by atoms with E-state index >= 15 is 0 Å². The van der Waals surface area contributed by atoms with Crippen LogP contribution in [0.1, 0.15) is 17.1 Å². The summed E-state index contributed by atoms with van der Waals surface area (Å²) in [4.78, 5) is 6.58. The minimum absolute atomic E-state index is 0.246. The lowest BCUT2D eigenvalue weighted by Crippen LogP contribution is -2.13. The van der Waals surface area contributed by atoms with Crippen LogP contribution in [-0.4, -0.2) is 9.97 Å². The van der Waals surface area contributed by atoms with E-state index in [1.165, 1.54) is 6.07 Å².